The number of rotatable bonds is 1. The second-order valence-electron chi connectivity index (χ2n) is 3.79. The van der Waals surface area contributed by atoms with Crippen LogP contribution in [0.3, 0.4) is 0 Å². The van der Waals surface area contributed by atoms with E-state index >= 15 is 0 Å². The number of alkyl halides is 1. The molecule has 1 aromatic rings. The topological polar surface area (TPSA) is 0 Å². The average Bonchev–Trinajstić information content (AvgIpc) is 1.92. The van der Waals surface area contributed by atoms with Gasteiger partial charge in [-0.2, -0.15) is 0 Å². The van der Waals surface area contributed by atoms with Gasteiger partial charge in [-0.25, -0.2) is 4.39 Å². The van der Waals surface area contributed by atoms with Crippen LogP contribution in [0.2, 0.25) is 0 Å². The van der Waals surface area contributed by atoms with Gasteiger partial charge in [-0.15, -0.1) is 0 Å². The summed E-state index contributed by atoms with van der Waals surface area (Å²) in [6, 6.07) is 5.88. The Morgan fingerprint density at radius 2 is 1.75 bits per heavy atom. The molecule has 1 heteroatoms. The number of benzene rings is 1. The molecular weight excluding hydrogens is 151 g/mol. The third-order valence-corrected chi connectivity index (χ3v) is 2.03. The maximum Gasteiger partial charge on any atom is 0.130 e. The molecule has 0 amide bonds. The van der Waals surface area contributed by atoms with Gasteiger partial charge >= 0.3 is 0 Å². The Hall–Kier alpha value is -0.850. The van der Waals surface area contributed by atoms with Gasteiger partial charge in [0.05, 0.1) is 0 Å². The van der Waals surface area contributed by atoms with E-state index in [1.807, 2.05) is 32.0 Å². The molecule has 0 saturated carbocycles. The van der Waals surface area contributed by atoms with Crippen LogP contribution >= 0.6 is 0 Å². The van der Waals surface area contributed by atoms with E-state index in [2.05, 4.69) is 0 Å². The summed E-state index contributed by atoms with van der Waals surface area (Å²) in [6.07, 6.45) is 0. The van der Waals surface area contributed by atoms with Crippen LogP contribution in [-0.4, -0.2) is 0 Å². The van der Waals surface area contributed by atoms with E-state index < -0.39 is 5.67 Å². The van der Waals surface area contributed by atoms with Crippen molar-refractivity contribution in [1.82, 2.24) is 0 Å². The van der Waals surface area contributed by atoms with Crippen molar-refractivity contribution < 1.29 is 4.39 Å². The van der Waals surface area contributed by atoms with Crippen LogP contribution in [0.5, 0.6) is 0 Å². The quantitative estimate of drug-likeness (QED) is 0.599. The molecule has 0 nitrogen and oxygen atoms in total. The van der Waals surface area contributed by atoms with Gasteiger partial charge in [0.1, 0.15) is 5.67 Å². The Labute approximate surface area is 73.4 Å². The SMILES string of the molecule is Cc1ccc(C)c(C(C)(C)F)c1. The van der Waals surface area contributed by atoms with Crippen LogP contribution in [0.15, 0.2) is 18.2 Å². The minimum atomic E-state index is -1.23. The molecular formula is C11H15F. The molecule has 0 aliphatic heterocycles. The van der Waals surface area contributed by atoms with Crippen LogP contribution in [0.1, 0.15) is 30.5 Å². The second kappa shape index (κ2) is 2.89. The summed E-state index contributed by atoms with van der Waals surface area (Å²) in [5, 5.41) is 0. The zero-order valence-electron chi connectivity index (χ0n) is 8.11. The Kier molecular flexibility index (Phi) is 2.22. The highest BCUT2D eigenvalue weighted by molar-refractivity contribution is 5.34. The first-order chi connectivity index (χ1) is 5.41. The molecule has 0 spiro atoms. The monoisotopic (exact) mass is 166 g/mol. The first-order valence-electron chi connectivity index (χ1n) is 4.18. The predicted octanol–water partition coefficient (Wildman–Crippen LogP) is 3.51. The highest BCUT2D eigenvalue weighted by atomic mass is 19.1. The molecule has 0 heterocycles. The Bertz CT molecular complexity index is 282. The summed E-state index contributed by atoms with van der Waals surface area (Å²) in [6.45, 7) is 7.11. The van der Waals surface area contributed by atoms with E-state index in [-0.39, 0.29) is 0 Å². The van der Waals surface area contributed by atoms with Gasteiger partial charge in [-0.1, -0.05) is 23.8 Å². The van der Waals surface area contributed by atoms with E-state index in [1.165, 1.54) is 0 Å². The molecule has 0 bridgehead atoms. The van der Waals surface area contributed by atoms with Crippen LogP contribution < -0.4 is 0 Å². The van der Waals surface area contributed by atoms with Gasteiger partial charge in [0.15, 0.2) is 0 Å². The third kappa shape index (κ3) is 1.84. The zero-order chi connectivity index (χ0) is 9.35. The van der Waals surface area contributed by atoms with Crippen molar-refractivity contribution in [2.45, 2.75) is 33.4 Å². The van der Waals surface area contributed by atoms with E-state index in [0.717, 1.165) is 16.7 Å². The number of aryl methyl sites for hydroxylation is 2. The lowest BCUT2D eigenvalue weighted by atomic mass is 9.94. The van der Waals surface area contributed by atoms with Crippen LogP contribution in [0, 0.1) is 13.8 Å². The van der Waals surface area contributed by atoms with Crippen molar-refractivity contribution in [3.05, 3.63) is 34.9 Å². The summed E-state index contributed by atoms with van der Waals surface area (Å²) >= 11 is 0. The van der Waals surface area contributed by atoms with Crippen molar-refractivity contribution in [3.63, 3.8) is 0 Å². The fourth-order valence-corrected chi connectivity index (χ4v) is 1.38. The Morgan fingerprint density at radius 3 is 2.17 bits per heavy atom. The third-order valence-electron chi connectivity index (χ3n) is 2.03. The molecule has 0 fully saturated rings. The van der Waals surface area contributed by atoms with E-state index in [4.69, 9.17) is 0 Å². The fourth-order valence-electron chi connectivity index (χ4n) is 1.38. The molecule has 0 N–H and O–H groups in total. The maximum atomic E-state index is 13.6. The largest absolute Gasteiger partial charge is 0.239 e. The lowest BCUT2D eigenvalue weighted by Gasteiger charge is -2.17. The number of halogens is 1. The first-order valence-corrected chi connectivity index (χ1v) is 4.18. The highest BCUT2D eigenvalue weighted by Gasteiger charge is 2.20. The average molecular weight is 166 g/mol. The van der Waals surface area contributed by atoms with Crippen LogP contribution in [0.4, 0.5) is 4.39 Å². The summed E-state index contributed by atoms with van der Waals surface area (Å²) in [5.74, 6) is 0. The molecule has 0 unspecified atom stereocenters. The molecule has 0 aromatic heterocycles. The summed E-state index contributed by atoms with van der Waals surface area (Å²) in [4.78, 5) is 0. The Balaban J connectivity index is 3.23. The minimum absolute atomic E-state index is 0.794. The molecule has 0 radical (unpaired) electrons. The standard InChI is InChI=1S/C11H15F/c1-8-5-6-9(2)10(7-8)11(3,4)12/h5-7H,1-4H3. The van der Waals surface area contributed by atoms with Crippen molar-refractivity contribution in [3.8, 4) is 0 Å². The lowest BCUT2D eigenvalue weighted by Crippen LogP contribution is -2.11. The highest BCUT2D eigenvalue weighted by Crippen LogP contribution is 2.27. The maximum absolute atomic E-state index is 13.6. The molecule has 12 heavy (non-hydrogen) atoms. The minimum Gasteiger partial charge on any atom is -0.239 e. The lowest BCUT2D eigenvalue weighted by molar-refractivity contribution is 0.220. The van der Waals surface area contributed by atoms with Gasteiger partial charge < -0.3 is 0 Å². The smallest absolute Gasteiger partial charge is 0.130 e. The van der Waals surface area contributed by atoms with E-state index in [1.54, 1.807) is 13.8 Å². The van der Waals surface area contributed by atoms with E-state index in [9.17, 15) is 4.39 Å². The zero-order valence-corrected chi connectivity index (χ0v) is 8.11. The molecule has 0 aliphatic rings. The molecule has 66 valence electrons. The molecule has 0 atom stereocenters. The molecule has 1 aromatic carbocycles. The van der Waals surface area contributed by atoms with Crippen molar-refractivity contribution in [2.24, 2.45) is 0 Å². The summed E-state index contributed by atoms with van der Waals surface area (Å²) in [7, 11) is 0. The van der Waals surface area contributed by atoms with Gasteiger partial charge in [-0.3, -0.25) is 0 Å². The molecule has 1 rings (SSSR count). The summed E-state index contributed by atoms with van der Waals surface area (Å²) < 4.78 is 13.6. The normalized spacial score (nSPS) is 11.8. The van der Waals surface area contributed by atoms with Crippen molar-refractivity contribution in [2.75, 3.05) is 0 Å². The fraction of sp³-hybridized carbons (Fsp3) is 0.455. The number of hydrogen-bond donors (Lipinski definition) is 0. The van der Waals surface area contributed by atoms with Crippen molar-refractivity contribution >= 4 is 0 Å². The van der Waals surface area contributed by atoms with Gasteiger partial charge in [0.25, 0.3) is 0 Å². The Morgan fingerprint density at radius 1 is 1.17 bits per heavy atom. The van der Waals surface area contributed by atoms with Crippen LogP contribution in [-0.2, 0) is 5.67 Å². The summed E-state index contributed by atoms with van der Waals surface area (Å²) in [5.41, 5.74) is 1.70. The predicted molar refractivity (Wildman–Crippen MR) is 50.1 cm³/mol. The van der Waals surface area contributed by atoms with Gasteiger partial charge in [-0.05, 0) is 38.8 Å². The molecule has 0 saturated heterocycles. The van der Waals surface area contributed by atoms with Crippen molar-refractivity contribution in [1.29, 1.82) is 0 Å². The number of hydrogen-bond acceptors (Lipinski definition) is 0. The van der Waals surface area contributed by atoms with Gasteiger partial charge in [0.2, 0.25) is 0 Å². The second-order valence-corrected chi connectivity index (χ2v) is 3.79. The van der Waals surface area contributed by atoms with Gasteiger partial charge in [0, 0.05) is 0 Å². The molecule has 0 aliphatic carbocycles. The first kappa shape index (κ1) is 9.24. The van der Waals surface area contributed by atoms with E-state index in [0.29, 0.717) is 0 Å². The van der Waals surface area contributed by atoms with Crippen LogP contribution in [0.25, 0.3) is 0 Å².